The Labute approximate surface area is 267 Å². The minimum Gasteiger partial charge on any atom is -0.359 e. The van der Waals surface area contributed by atoms with E-state index in [0.29, 0.717) is 23.4 Å². The monoisotopic (exact) mass is 636 g/mol. The van der Waals surface area contributed by atoms with Crippen molar-refractivity contribution in [1.82, 2.24) is 0 Å². The van der Waals surface area contributed by atoms with Crippen LogP contribution in [0.2, 0.25) is 0 Å². The Morgan fingerprint density at radius 2 is 1.61 bits per heavy atom. The molecule has 1 saturated carbocycles. The van der Waals surface area contributed by atoms with E-state index in [-0.39, 0.29) is 30.1 Å². The van der Waals surface area contributed by atoms with Gasteiger partial charge in [-0.25, -0.2) is 0 Å². The number of anilines is 1. The van der Waals surface area contributed by atoms with Gasteiger partial charge in [0.25, 0.3) is 0 Å². The summed E-state index contributed by atoms with van der Waals surface area (Å²) in [5.41, 5.74) is 1.65. The summed E-state index contributed by atoms with van der Waals surface area (Å²) in [6.07, 6.45) is 2.24. The third-order valence-corrected chi connectivity index (χ3v) is 9.88. The fourth-order valence-corrected chi connectivity index (χ4v) is 6.81. The lowest BCUT2D eigenvalue weighted by molar-refractivity contribution is -0.209. The molecule has 0 radical (unpaired) electrons. The van der Waals surface area contributed by atoms with E-state index < -0.39 is 28.7 Å². The van der Waals surface area contributed by atoms with E-state index in [2.05, 4.69) is 35.8 Å². The fraction of sp³-hybridized carbons (Fsp3) is 0.395. The zero-order chi connectivity index (χ0) is 33.3. The second-order valence-electron chi connectivity index (χ2n) is 13.2. The van der Waals surface area contributed by atoms with Gasteiger partial charge < -0.3 is 5.32 Å². The van der Waals surface area contributed by atoms with Crippen LogP contribution in [-0.2, 0) is 12.6 Å². The van der Waals surface area contributed by atoms with Crippen molar-refractivity contribution in [3.8, 4) is 23.5 Å². The normalized spacial score (nSPS) is 20.5. The molecule has 2 atom stereocenters. The maximum Gasteiger partial charge on any atom is 0.417 e. The molecule has 1 N–H and O–H groups in total. The van der Waals surface area contributed by atoms with Gasteiger partial charge in [-0.1, -0.05) is 87.2 Å². The van der Waals surface area contributed by atoms with Gasteiger partial charge >= 0.3 is 12.4 Å². The van der Waals surface area contributed by atoms with Crippen molar-refractivity contribution >= 4 is 11.4 Å². The van der Waals surface area contributed by atoms with Gasteiger partial charge in [-0.05, 0) is 72.6 Å². The topological polar surface area (TPSA) is 24.4 Å². The van der Waals surface area contributed by atoms with Crippen LogP contribution >= 0.6 is 0 Å². The molecule has 242 valence electrons. The van der Waals surface area contributed by atoms with E-state index in [9.17, 15) is 26.3 Å². The first kappa shape index (κ1) is 33.4. The molecule has 2 aliphatic rings. The summed E-state index contributed by atoms with van der Waals surface area (Å²) in [7, 11) is 0. The highest BCUT2D eigenvalue weighted by atomic mass is 19.4. The Bertz CT molecular complexity index is 1650. The number of nitrogens with zero attached hydrogens (tertiary/aromatic N) is 1. The number of hydrogen-bond acceptors (Lipinski definition) is 2. The second-order valence-corrected chi connectivity index (χ2v) is 13.2. The van der Waals surface area contributed by atoms with Crippen LogP contribution in [-0.4, -0.2) is 18.4 Å². The number of alkyl halides is 6. The Kier molecular flexibility index (Phi) is 9.19. The average molecular weight is 637 g/mol. The quantitative estimate of drug-likeness (QED) is 0.193. The number of aliphatic imine (C=N–C) groups is 1. The van der Waals surface area contributed by atoms with Crippen LogP contribution in [0.1, 0.15) is 74.6 Å². The average Bonchev–Trinajstić information content (AvgIpc) is 3.45. The number of hydrogen-bond donors (Lipinski definition) is 1. The van der Waals surface area contributed by atoms with Gasteiger partial charge in [0.2, 0.25) is 0 Å². The Balaban J connectivity index is 1.38. The van der Waals surface area contributed by atoms with Crippen LogP contribution in [0.15, 0.2) is 84.0 Å². The Morgan fingerprint density at radius 3 is 2.22 bits per heavy atom. The van der Waals surface area contributed by atoms with Crippen molar-refractivity contribution in [3.05, 3.63) is 101 Å². The molecule has 0 amide bonds. The smallest absolute Gasteiger partial charge is 0.359 e. The number of halogens is 6. The van der Waals surface area contributed by atoms with Crippen LogP contribution in [0, 0.1) is 29.1 Å². The summed E-state index contributed by atoms with van der Waals surface area (Å²) in [4.78, 5) is 4.22. The number of rotatable bonds is 8. The molecule has 2 unspecified atom stereocenters. The molecule has 1 aliphatic heterocycles. The predicted molar refractivity (Wildman–Crippen MR) is 173 cm³/mol. The van der Waals surface area contributed by atoms with E-state index in [1.165, 1.54) is 13.0 Å². The molecule has 46 heavy (non-hydrogen) atoms. The van der Waals surface area contributed by atoms with Crippen LogP contribution in [0.3, 0.4) is 0 Å². The molecule has 8 heteroatoms. The second kappa shape index (κ2) is 12.7. The highest BCUT2D eigenvalue weighted by Gasteiger charge is 2.53. The van der Waals surface area contributed by atoms with Crippen molar-refractivity contribution in [1.29, 1.82) is 0 Å². The van der Waals surface area contributed by atoms with Crippen LogP contribution in [0.4, 0.5) is 32.0 Å². The van der Waals surface area contributed by atoms with E-state index in [0.717, 1.165) is 54.9 Å². The zero-order valence-corrected chi connectivity index (χ0v) is 26.1. The zero-order valence-electron chi connectivity index (χ0n) is 26.1. The van der Waals surface area contributed by atoms with Gasteiger partial charge in [0.05, 0.1) is 17.5 Å². The van der Waals surface area contributed by atoms with Crippen molar-refractivity contribution in [2.24, 2.45) is 21.7 Å². The van der Waals surface area contributed by atoms with Gasteiger partial charge in [0.15, 0.2) is 0 Å². The van der Waals surface area contributed by atoms with Crippen molar-refractivity contribution in [2.75, 3.05) is 11.9 Å². The SMILES string of the molecule is C#Cc1ccc(NC(=C)C(C)(Cc2cccc(-c3ccc(C4=NCC(C)(C(F)(F)F)C4)cc3)c2)C2CCCCC2)cc1C(F)(F)F. The summed E-state index contributed by atoms with van der Waals surface area (Å²) in [5, 5.41) is 3.21. The van der Waals surface area contributed by atoms with Gasteiger partial charge in [-0.15, -0.1) is 6.42 Å². The molecule has 3 aromatic rings. The summed E-state index contributed by atoms with van der Waals surface area (Å²) in [5.74, 6) is 2.41. The first-order valence-corrected chi connectivity index (χ1v) is 15.6. The minimum atomic E-state index is -4.58. The number of allylic oxidation sites excluding steroid dienone is 1. The molecule has 1 aliphatic carbocycles. The molecule has 0 bridgehead atoms. The molecule has 0 spiro atoms. The molecular formula is C38H38F6N2. The van der Waals surface area contributed by atoms with Crippen molar-refractivity contribution in [2.45, 2.75) is 71.1 Å². The summed E-state index contributed by atoms with van der Waals surface area (Å²) in [6.45, 7) is 7.45. The van der Waals surface area contributed by atoms with E-state index in [1.54, 1.807) is 6.07 Å². The predicted octanol–water partition coefficient (Wildman–Crippen LogP) is 10.9. The molecule has 2 nitrogen and oxygen atoms in total. The molecule has 3 aromatic carbocycles. The number of nitrogens with one attached hydrogen (secondary N) is 1. The Morgan fingerprint density at radius 1 is 0.935 bits per heavy atom. The van der Waals surface area contributed by atoms with E-state index >= 15 is 0 Å². The summed E-state index contributed by atoms with van der Waals surface area (Å²) < 4.78 is 81.7. The lowest BCUT2D eigenvalue weighted by Gasteiger charge is -2.42. The summed E-state index contributed by atoms with van der Waals surface area (Å²) >= 11 is 0. The highest BCUT2D eigenvalue weighted by Crippen LogP contribution is 2.47. The molecular weight excluding hydrogens is 598 g/mol. The van der Waals surface area contributed by atoms with Crippen LogP contribution in [0.25, 0.3) is 11.1 Å². The maximum atomic E-state index is 13.7. The third kappa shape index (κ3) is 6.89. The minimum absolute atomic E-state index is 0.144. The van der Waals surface area contributed by atoms with Gasteiger partial charge in [0.1, 0.15) is 0 Å². The standard InChI is InChI=1S/C38H38F6N2/c1-5-27-18-19-32(21-33(27)37(39,40)41)46-25(2)36(4,31-12-7-6-8-13-31)22-26-10-9-11-30(20-26)28-14-16-29(17-15-28)34-23-35(3,24-45-34)38(42,43)44/h1,9-11,14-21,31,46H,2,6-8,12-13,22-24H2,3-4H3. The molecule has 5 rings (SSSR count). The first-order chi connectivity index (χ1) is 21.6. The lowest BCUT2D eigenvalue weighted by Crippen LogP contribution is -2.36. The first-order valence-electron chi connectivity index (χ1n) is 15.6. The number of benzene rings is 3. The van der Waals surface area contributed by atoms with Gasteiger partial charge in [0, 0.05) is 34.5 Å². The number of terminal acetylenes is 1. The Hall–Kier alpha value is -3.99. The fourth-order valence-electron chi connectivity index (χ4n) is 6.81. The largest absolute Gasteiger partial charge is 0.417 e. The van der Waals surface area contributed by atoms with Crippen LogP contribution < -0.4 is 5.32 Å². The van der Waals surface area contributed by atoms with Gasteiger partial charge in [-0.2, -0.15) is 26.3 Å². The van der Waals surface area contributed by atoms with Gasteiger partial charge in [-0.3, -0.25) is 4.99 Å². The molecule has 0 saturated heterocycles. The van der Waals surface area contributed by atoms with Crippen LogP contribution in [0.5, 0.6) is 0 Å². The highest BCUT2D eigenvalue weighted by molar-refractivity contribution is 6.02. The van der Waals surface area contributed by atoms with E-state index in [1.807, 2.05) is 42.5 Å². The molecule has 1 heterocycles. The third-order valence-electron chi connectivity index (χ3n) is 9.88. The molecule has 0 aromatic heterocycles. The molecule has 1 fully saturated rings. The van der Waals surface area contributed by atoms with Crippen molar-refractivity contribution in [3.63, 3.8) is 0 Å². The lowest BCUT2D eigenvalue weighted by atomic mass is 9.65. The maximum absolute atomic E-state index is 13.7. The summed E-state index contributed by atoms with van der Waals surface area (Å²) in [6, 6.07) is 19.5. The van der Waals surface area contributed by atoms with Crippen molar-refractivity contribution < 1.29 is 26.3 Å². The van der Waals surface area contributed by atoms with E-state index in [4.69, 9.17) is 6.42 Å².